The summed E-state index contributed by atoms with van der Waals surface area (Å²) in [7, 11) is 0. The highest BCUT2D eigenvalue weighted by atomic mass is 32.1. The number of nitrogens with one attached hydrogen (secondary N) is 3. The van der Waals surface area contributed by atoms with E-state index in [2.05, 4.69) is 23.1 Å². The number of fused-ring (bicyclic) bond motifs is 1. The zero-order chi connectivity index (χ0) is 21.8. The highest BCUT2D eigenvalue weighted by Crippen LogP contribution is 2.32. The maximum absolute atomic E-state index is 12.7. The molecule has 0 bridgehead atoms. The first kappa shape index (κ1) is 22.0. The summed E-state index contributed by atoms with van der Waals surface area (Å²) >= 11 is 1.49. The van der Waals surface area contributed by atoms with Gasteiger partial charge in [0.15, 0.2) is 0 Å². The summed E-state index contributed by atoms with van der Waals surface area (Å²) in [5.41, 5.74) is 7.57. The van der Waals surface area contributed by atoms with Crippen molar-refractivity contribution < 1.29 is 14.4 Å². The average Bonchev–Trinajstić information content (AvgIpc) is 3.13. The third-order valence-electron chi connectivity index (χ3n) is 5.48. The predicted molar refractivity (Wildman–Crippen MR) is 118 cm³/mol. The van der Waals surface area contributed by atoms with Crippen molar-refractivity contribution in [2.45, 2.75) is 53.0 Å². The smallest absolute Gasteiger partial charge is 0.279 e. The van der Waals surface area contributed by atoms with Gasteiger partial charge >= 0.3 is 0 Å². The lowest BCUT2D eigenvalue weighted by Gasteiger charge is -2.22. The molecular formula is C23H29N3O3S. The highest BCUT2D eigenvalue weighted by Gasteiger charge is 2.26. The fourth-order valence-corrected chi connectivity index (χ4v) is 4.76. The van der Waals surface area contributed by atoms with E-state index in [1.165, 1.54) is 21.8 Å². The third-order valence-corrected chi connectivity index (χ3v) is 6.71. The van der Waals surface area contributed by atoms with E-state index in [0.717, 1.165) is 24.8 Å². The number of aryl methyl sites for hydroxylation is 2. The first-order valence-electron chi connectivity index (χ1n) is 10.3. The van der Waals surface area contributed by atoms with Crippen molar-refractivity contribution in [3.8, 4) is 0 Å². The Morgan fingerprint density at radius 2 is 1.83 bits per heavy atom. The summed E-state index contributed by atoms with van der Waals surface area (Å²) in [5, 5.41) is 2.78. The molecule has 1 aliphatic carbocycles. The van der Waals surface area contributed by atoms with E-state index in [4.69, 9.17) is 0 Å². The summed E-state index contributed by atoms with van der Waals surface area (Å²) in [4.78, 5) is 39.7. The van der Waals surface area contributed by atoms with Crippen molar-refractivity contribution in [1.82, 2.24) is 16.2 Å². The number of benzene rings is 1. The number of thiophene rings is 1. The third kappa shape index (κ3) is 5.08. The maximum Gasteiger partial charge on any atom is 0.279 e. The molecule has 2 aromatic rings. The van der Waals surface area contributed by atoms with Gasteiger partial charge in [-0.3, -0.25) is 25.2 Å². The standard InChI is InChI=1S/C23H29N3O3S/c1-13(2)20(24-21(27)17-8-6-5-7-15(17)4)23(29)26-25-22(28)19-12-16-11-14(3)9-10-18(16)30-19/h5-8,12-14,20H,9-11H2,1-4H3,(H,24,27)(H,25,28)(H,26,29)/t14-,20-/m0/s1. The molecule has 0 fully saturated rings. The van der Waals surface area contributed by atoms with Crippen LogP contribution in [0.25, 0.3) is 0 Å². The van der Waals surface area contributed by atoms with Gasteiger partial charge in [-0.05, 0) is 61.3 Å². The molecule has 2 atom stereocenters. The Balaban J connectivity index is 1.61. The molecule has 3 rings (SSSR count). The number of hydrogen-bond donors (Lipinski definition) is 3. The number of amides is 3. The summed E-state index contributed by atoms with van der Waals surface area (Å²) in [5.74, 6) is -0.608. The molecule has 160 valence electrons. The van der Waals surface area contributed by atoms with Gasteiger partial charge in [0.25, 0.3) is 17.7 Å². The fraction of sp³-hybridized carbons (Fsp3) is 0.435. The van der Waals surface area contributed by atoms with Gasteiger partial charge in [-0.15, -0.1) is 11.3 Å². The Hall–Kier alpha value is -2.67. The zero-order valence-electron chi connectivity index (χ0n) is 17.9. The summed E-state index contributed by atoms with van der Waals surface area (Å²) < 4.78 is 0. The molecule has 0 saturated heterocycles. The molecule has 0 radical (unpaired) electrons. The molecule has 1 aromatic carbocycles. The molecule has 0 unspecified atom stereocenters. The Kier molecular flexibility index (Phi) is 6.92. The second kappa shape index (κ2) is 9.43. The minimum atomic E-state index is -0.769. The molecule has 7 heteroatoms. The number of carbonyl (C=O) groups is 3. The molecule has 30 heavy (non-hydrogen) atoms. The predicted octanol–water partition coefficient (Wildman–Crippen LogP) is 3.40. The van der Waals surface area contributed by atoms with Gasteiger partial charge in [-0.2, -0.15) is 0 Å². The lowest BCUT2D eigenvalue weighted by Crippen LogP contribution is -2.54. The Bertz CT molecular complexity index is 951. The molecule has 6 nitrogen and oxygen atoms in total. The van der Waals surface area contributed by atoms with E-state index in [1.807, 2.05) is 39.0 Å². The fourth-order valence-electron chi connectivity index (χ4n) is 3.66. The van der Waals surface area contributed by atoms with Crippen LogP contribution < -0.4 is 16.2 Å². The Morgan fingerprint density at radius 1 is 1.10 bits per heavy atom. The van der Waals surface area contributed by atoms with E-state index >= 15 is 0 Å². The van der Waals surface area contributed by atoms with Crippen LogP contribution in [0.15, 0.2) is 30.3 Å². The molecular weight excluding hydrogens is 398 g/mol. The Morgan fingerprint density at radius 3 is 2.53 bits per heavy atom. The first-order valence-corrected chi connectivity index (χ1v) is 11.2. The number of hydrazine groups is 1. The van der Waals surface area contributed by atoms with Gasteiger partial charge in [-0.1, -0.05) is 39.0 Å². The van der Waals surface area contributed by atoms with Crippen LogP contribution in [0.2, 0.25) is 0 Å². The van der Waals surface area contributed by atoms with Gasteiger partial charge in [0.1, 0.15) is 6.04 Å². The lowest BCUT2D eigenvalue weighted by molar-refractivity contribution is -0.124. The normalized spacial score (nSPS) is 16.5. The summed E-state index contributed by atoms with van der Waals surface area (Å²) in [6, 6.07) is 8.37. The van der Waals surface area contributed by atoms with Crippen molar-refractivity contribution in [3.05, 3.63) is 56.8 Å². The van der Waals surface area contributed by atoms with Gasteiger partial charge in [-0.25, -0.2) is 0 Å². The molecule has 1 heterocycles. The van der Waals surface area contributed by atoms with E-state index in [0.29, 0.717) is 16.4 Å². The first-order chi connectivity index (χ1) is 14.3. The maximum atomic E-state index is 12.7. The number of hydrogen-bond acceptors (Lipinski definition) is 4. The summed E-state index contributed by atoms with van der Waals surface area (Å²) in [6.45, 7) is 7.76. The van der Waals surface area contributed by atoms with Gasteiger partial charge in [0.2, 0.25) is 0 Å². The zero-order valence-corrected chi connectivity index (χ0v) is 18.7. The molecule has 3 N–H and O–H groups in total. The van der Waals surface area contributed by atoms with Crippen LogP contribution in [0, 0.1) is 18.8 Å². The van der Waals surface area contributed by atoms with Crippen molar-refractivity contribution in [3.63, 3.8) is 0 Å². The van der Waals surface area contributed by atoms with Crippen LogP contribution in [-0.4, -0.2) is 23.8 Å². The summed E-state index contributed by atoms with van der Waals surface area (Å²) in [6.07, 6.45) is 3.13. The van der Waals surface area contributed by atoms with Crippen LogP contribution >= 0.6 is 11.3 Å². The minimum Gasteiger partial charge on any atom is -0.340 e. The number of rotatable bonds is 5. The Labute approximate surface area is 181 Å². The molecule has 0 spiro atoms. The van der Waals surface area contributed by atoms with Crippen LogP contribution in [0.1, 0.15) is 63.2 Å². The van der Waals surface area contributed by atoms with Crippen LogP contribution in [0.5, 0.6) is 0 Å². The highest BCUT2D eigenvalue weighted by molar-refractivity contribution is 7.14. The molecule has 1 aliphatic rings. The van der Waals surface area contributed by atoms with Gasteiger partial charge in [0.05, 0.1) is 4.88 Å². The molecule has 3 amide bonds. The van der Waals surface area contributed by atoms with Crippen molar-refractivity contribution >= 4 is 29.1 Å². The van der Waals surface area contributed by atoms with Crippen LogP contribution in [-0.2, 0) is 17.6 Å². The SMILES string of the molecule is Cc1ccccc1C(=O)N[C@H](C(=O)NNC(=O)c1cc2c(s1)CC[C@H](C)C2)C(C)C. The van der Waals surface area contributed by atoms with Crippen LogP contribution in [0.3, 0.4) is 0 Å². The lowest BCUT2D eigenvalue weighted by atomic mass is 9.90. The van der Waals surface area contributed by atoms with E-state index in [1.54, 1.807) is 12.1 Å². The second-order valence-electron chi connectivity index (χ2n) is 8.36. The molecule has 0 aliphatic heterocycles. The van der Waals surface area contributed by atoms with Crippen molar-refractivity contribution in [1.29, 1.82) is 0 Å². The topological polar surface area (TPSA) is 87.3 Å². The number of carbonyl (C=O) groups excluding carboxylic acids is 3. The largest absolute Gasteiger partial charge is 0.340 e. The molecule has 0 saturated carbocycles. The quantitative estimate of drug-likeness (QED) is 0.639. The molecule has 1 aromatic heterocycles. The van der Waals surface area contributed by atoms with E-state index in [-0.39, 0.29) is 17.7 Å². The van der Waals surface area contributed by atoms with Gasteiger partial charge < -0.3 is 5.32 Å². The average molecular weight is 428 g/mol. The van der Waals surface area contributed by atoms with Crippen LogP contribution in [0.4, 0.5) is 0 Å². The van der Waals surface area contributed by atoms with E-state index < -0.39 is 11.9 Å². The van der Waals surface area contributed by atoms with Crippen molar-refractivity contribution in [2.75, 3.05) is 0 Å². The van der Waals surface area contributed by atoms with Gasteiger partial charge in [0, 0.05) is 10.4 Å². The van der Waals surface area contributed by atoms with E-state index in [9.17, 15) is 14.4 Å². The monoisotopic (exact) mass is 427 g/mol. The minimum absolute atomic E-state index is 0.148. The second-order valence-corrected chi connectivity index (χ2v) is 9.50. The van der Waals surface area contributed by atoms with Crippen molar-refractivity contribution in [2.24, 2.45) is 11.8 Å².